The third kappa shape index (κ3) is 2.48. The van der Waals surface area contributed by atoms with Crippen molar-refractivity contribution < 1.29 is 18.0 Å². The predicted octanol–water partition coefficient (Wildman–Crippen LogP) is 2.01. The fourth-order valence-corrected chi connectivity index (χ4v) is 0.952. The minimum absolute atomic E-state index is 0.450. The lowest BCUT2D eigenvalue weighted by Crippen LogP contribution is -2.37. The van der Waals surface area contributed by atoms with Gasteiger partial charge in [-0.2, -0.15) is 8.78 Å². The Kier molecular flexibility index (Phi) is 2.78. The number of amides is 1. The first kappa shape index (κ1) is 10.6. The second-order valence-corrected chi connectivity index (χ2v) is 2.76. The minimum Gasteiger partial charge on any atom is -0.294 e. The zero-order valence-corrected chi connectivity index (χ0v) is 7.35. The molecule has 0 aliphatic rings. The third-order valence-corrected chi connectivity index (χ3v) is 1.54. The molecule has 0 bridgehead atoms. The van der Waals surface area contributed by atoms with Gasteiger partial charge in [0.2, 0.25) is 5.91 Å². The molecule has 0 spiro atoms. The second-order valence-electron chi connectivity index (χ2n) is 2.76. The average Bonchev–Trinajstić information content (AvgIpc) is 2.02. The summed E-state index contributed by atoms with van der Waals surface area (Å²) in [6.45, 7) is 0.984. The van der Waals surface area contributed by atoms with Crippen molar-refractivity contribution in [3.63, 3.8) is 0 Å². The fraction of sp³-hybridized carbons (Fsp3) is 0.222. The van der Waals surface area contributed by atoms with Crippen LogP contribution >= 0.6 is 0 Å². The molecule has 76 valence electrons. The van der Waals surface area contributed by atoms with Crippen LogP contribution in [0.25, 0.3) is 0 Å². The van der Waals surface area contributed by atoms with Crippen LogP contribution in [0.15, 0.2) is 24.3 Å². The van der Waals surface area contributed by atoms with Gasteiger partial charge in [-0.3, -0.25) is 10.1 Å². The Morgan fingerprint density at radius 2 is 1.79 bits per heavy atom. The molecule has 0 radical (unpaired) electrons. The van der Waals surface area contributed by atoms with E-state index in [9.17, 15) is 18.0 Å². The van der Waals surface area contributed by atoms with Crippen LogP contribution in [-0.2, 0) is 10.8 Å². The number of hydrogen-bond acceptors (Lipinski definition) is 1. The van der Waals surface area contributed by atoms with Crippen LogP contribution in [0.1, 0.15) is 12.5 Å². The quantitative estimate of drug-likeness (QED) is 0.732. The van der Waals surface area contributed by atoms with Gasteiger partial charge in [0, 0.05) is 12.5 Å². The maximum Gasteiger partial charge on any atom is 0.352 e. The van der Waals surface area contributed by atoms with E-state index in [2.05, 4.69) is 0 Å². The summed E-state index contributed by atoms with van der Waals surface area (Å²) in [4.78, 5) is 10.4. The molecule has 0 atom stereocenters. The van der Waals surface area contributed by atoms with Crippen LogP contribution in [0, 0.1) is 5.82 Å². The number of carbonyl (C=O) groups is 1. The molecule has 1 aromatic carbocycles. The zero-order chi connectivity index (χ0) is 10.8. The highest BCUT2D eigenvalue weighted by atomic mass is 19.3. The lowest BCUT2D eigenvalue weighted by molar-refractivity contribution is -0.131. The van der Waals surface area contributed by atoms with Crippen LogP contribution < -0.4 is 5.32 Å². The van der Waals surface area contributed by atoms with Gasteiger partial charge in [0.15, 0.2) is 0 Å². The molecular formula is C9H8F3NO. The molecule has 0 heterocycles. The molecule has 0 aromatic heterocycles. The summed E-state index contributed by atoms with van der Waals surface area (Å²) < 4.78 is 38.6. The molecule has 0 saturated heterocycles. The van der Waals surface area contributed by atoms with Crippen LogP contribution in [0.3, 0.4) is 0 Å². The number of carbonyl (C=O) groups excluding carboxylic acids is 1. The Balaban J connectivity index is 2.91. The van der Waals surface area contributed by atoms with E-state index in [1.54, 1.807) is 0 Å². The zero-order valence-electron chi connectivity index (χ0n) is 7.35. The first-order chi connectivity index (χ1) is 6.42. The van der Waals surface area contributed by atoms with Gasteiger partial charge in [0.05, 0.1) is 0 Å². The molecular weight excluding hydrogens is 195 g/mol. The van der Waals surface area contributed by atoms with Crippen LogP contribution in [0.4, 0.5) is 13.2 Å². The average molecular weight is 203 g/mol. The van der Waals surface area contributed by atoms with E-state index < -0.39 is 23.3 Å². The molecule has 1 amide bonds. The van der Waals surface area contributed by atoms with E-state index >= 15 is 0 Å². The summed E-state index contributed by atoms with van der Waals surface area (Å²) in [5, 5.41) is 1.46. The van der Waals surface area contributed by atoms with E-state index in [1.807, 2.05) is 0 Å². The van der Waals surface area contributed by atoms with Crippen LogP contribution in [0.5, 0.6) is 0 Å². The molecule has 14 heavy (non-hydrogen) atoms. The maximum atomic E-state index is 13.1. The van der Waals surface area contributed by atoms with Crippen LogP contribution in [-0.4, -0.2) is 5.91 Å². The number of hydrogen-bond donors (Lipinski definition) is 1. The lowest BCUT2D eigenvalue weighted by atomic mass is 10.2. The largest absolute Gasteiger partial charge is 0.352 e. The maximum absolute atomic E-state index is 13.1. The Bertz CT molecular complexity index is 334. The fourth-order valence-electron chi connectivity index (χ4n) is 0.952. The van der Waals surface area contributed by atoms with Crippen molar-refractivity contribution in [3.05, 3.63) is 35.6 Å². The van der Waals surface area contributed by atoms with Gasteiger partial charge in [0.25, 0.3) is 0 Å². The van der Waals surface area contributed by atoms with Gasteiger partial charge in [-0.25, -0.2) is 4.39 Å². The monoisotopic (exact) mass is 203 g/mol. The van der Waals surface area contributed by atoms with Crippen molar-refractivity contribution in [2.24, 2.45) is 0 Å². The van der Waals surface area contributed by atoms with Crippen molar-refractivity contribution in [2.75, 3.05) is 0 Å². The first-order valence-electron chi connectivity index (χ1n) is 3.84. The van der Waals surface area contributed by atoms with Gasteiger partial charge in [-0.1, -0.05) is 0 Å². The number of halogens is 3. The first-order valence-corrected chi connectivity index (χ1v) is 3.84. The molecule has 0 saturated carbocycles. The summed E-state index contributed by atoms with van der Waals surface area (Å²) in [6, 6.07) is 0.201. The molecule has 0 fully saturated rings. The highest BCUT2D eigenvalue weighted by Gasteiger charge is 2.32. The molecule has 5 heteroatoms. The highest BCUT2D eigenvalue weighted by molar-refractivity contribution is 5.73. The van der Waals surface area contributed by atoms with Crippen molar-refractivity contribution in [1.82, 2.24) is 5.32 Å². The smallest absolute Gasteiger partial charge is 0.294 e. The Morgan fingerprint density at radius 3 is 2.21 bits per heavy atom. The highest BCUT2D eigenvalue weighted by Crippen LogP contribution is 2.24. The normalized spacial score (nSPS) is 11.1. The topological polar surface area (TPSA) is 29.1 Å². The molecule has 1 rings (SSSR count). The number of rotatable bonds is 2. The summed E-state index contributed by atoms with van der Waals surface area (Å²) >= 11 is 0. The summed E-state index contributed by atoms with van der Waals surface area (Å²) in [5.41, 5.74) is -0.450. The lowest BCUT2D eigenvalue weighted by Gasteiger charge is -2.16. The summed E-state index contributed by atoms with van der Waals surface area (Å²) in [7, 11) is 0. The van der Waals surface area contributed by atoms with Gasteiger partial charge >= 0.3 is 6.05 Å². The van der Waals surface area contributed by atoms with Crippen molar-refractivity contribution >= 4 is 5.91 Å². The van der Waals surface area contributed by atoms with Crippen molar-refractivity contribution in [2.45, 2.75) is 13.0 Å². The molecule has 0 aliphatic carbocycles. The van der Waals surface area contributed by atoms with Crippen molar-refractivity contribution in [3.8, 4) is 0 Å². The van der Waals surface area contributed by atoms with E-state index in [0.29, 0.717) is 0 Å². The van der Waals surface area contributed by atoms with E-state index in [0.717, 1.165) is 31.2 Å². The molecule has 2 nitrogen and oxygen atoms in total. The van der Waals surface area contributed by atoms with Crippen LogP contribution in [0.2, 0.25) is 0 Å². The van der Waals surface area contributed by atoms with E-state index in [1.165, 1.54) is 5.32 Å². The molecule has 0 unspecified atom stereocenters. The number of nitrogens with one attached hydrogen (secondary N) is 1. The number of alkyl halides is 2. The third-order valence-electron chi connectivity index (χ3n) is 1.54. The minimum atomic E-state index is -3.46. The Labute approximate surface area is 78.7 Å². The number of benzene rings is 1. The Hall–Kier alpha value is -1.52. The van der Waals surface area contributed by atoms with E-state index in [4.69, 9.17) is 0 Å². The summed E-state index contributed by atoms with van der Waals surface area (Å²) in [5.74, 6) is -1.45. The van der Waals surface area contributed by atoms with Gasteiger partial charge in [-0.15, -0.1) is 0 Å². The standard InChI is InChI=1S/C9H8F3NO/c1-6(14)13-9(11,12)7-2-4-8(10)5-3-7/h2-5H,1H3,(H,13,14). The molecule has 1 aromatic rings. The predicted molar refractivity (Wildman–Crippen MR) is 44.1 cm³/mol. The van der Waals surface area contributed by atoms with Crippen molar-refractivity contribution in [1.29, 1.82) is 0 Å². The van der Waals surface area contributed by atoms with Gasteiger partial charge in [0.1, 0.15) is 5.82 Å². The van der Waals surface area contributed by atoms with E-state index in [-0.39, 0.29) is 0 Å². The Morgan fingerprint density at radius 1 is 1.29 bits per heavy atom. The molecule has 0 aliphatic heterocycles. The van der Waals surface area contributed by atoms with Gasteiger partial charge < -0.3 is 0 Å². The molecule has 1 N–H and O–H groups in total. The summed E-state index contributed by atoms with van der Waals surface area (Å²) in [6.07, 6.45) is 0. The SMILES string of the molecule is CC(=O)NC(F)(F)c1ccc(F)cc1. The second kappa shape index (κ2) is 3.69. The van der Waals surface area contributed by atoms with Gasteiger partial charge in [-0.05, 0) is 24.3 Å².